The third-order valence-electron chi connectivity index (χ3n) is 23.0. The van der Waals surface area contributed by atoms with Crippen molar-refractivity contribution in [3.8, 4) is 0 Å². The Kier molecular flexibility index (Phi) is 42.8. The van der Waals surface area contributed by atoms with Gasteiger partial charge in [0, 0.05) is 86.6 Å². The van der Waals surface area contributed by atoms with Crippen LogP contribution in [-0.2, 0) is 91.1 Å². The number of benzene rings is 4. The van der Waals surface area contributed by atoms with E-state index in [0.29, 0.717) is 73.3 Å². The number of likely N-dealkylation sites (N-methyl/N-ethyl adjacent to an activating group) is 1. The van der Waals surface area contributed by atoms with E-state index in [0.717, 1.165) is 77.9 Å². The Labute approximate surface area is 751 Å². The molecule has 0 unspecified atom stereocenters. The van der Waals surface area contributed by atoms with E-state index in [-0.39, 0.29) is 145 Å². The Morgan fingerprint density at radius 2 is 1.33 bits per heavy atom. The van der Waals surface area contributed by atoms with E-state index >= 15 is 4.79 Å². The van der Waals surface area contributed by atoms with E-state index in [4.69, 9.17) is 39.1 Å². The summed E-state index contributed by atoms with van der Waals surface area (Å²) < 4.78 is 33.9. The second-order valence-electron chi connectivity index (χ2n) is 34.2. The van der Waals surface area contributed by atoms with Crippen LogP contribution < -0.4 is 53.2 Å². The van der Waals surface area contributed by atoms with Crippen LogP contribution >= 0.6 is 11.3 Å². The molecule has 0 spiro atoms. The van der Waals surface area contributed by atoms with E-state index in [1.165, 1.54) is 6.92 Å². The van der Waals surface area contributed by atoms with Gasteiger partial charge in [0.05, 0.1) is 76.0 Å². The van der Waals surface area contributed by atoms with Gasteiger partial charge >= 0.3 is 24.1 Å². The van der Waals surface area contributed by atoms with Gasteiger partial charge < -0.3 is 86.3 Å². The zero-order valence-corrected chi connectivity index (χ0v) is 77.0. The summed E-state index contributed by atoms with van der Waals surface area (Å²) in [6.45, 7) is 25.6. The number of hydrogen-bond donors (Lipinski definition) is 10. The number of carbonyl (C=O) groups is 12. The molecule has 3 heterocycles. The number of allylic oxidation sites excluding steroid dienone is 1. The van der Waals surface area contributed by atoms with Crippen molar-refractivity contribution in [3.63, 3.8) is 0 Å². The van der Waals surface area contributed by atoms with Crippen LogP contribution in [0.25, 0.3) is 11.6 Å². The number of esters is 1. The van der Waals surface area contributed by atoms with E-state index < -0.39 is 101 Å². The van der Waals surface area contributed by atoms with Gasteiger partial charge in [-0.25, -0.2) is 14.6 Å². The molecule has 0 radical (unpaired) electrons. The van der Waals surface area contributed by atoms with Crippen LogP contribution in [0, 0.1) is 23.2 Å². The van der Waals surface area contributed by atoms with Crippen LogP contribution in [0.5, 0.6) is 0 Å². The van der Waals surface area contributed by atoms with Crippen LogP contribution in [0.3, 0.4) is 0 Å². The molecule has 696 valence electrons. The number of unbranched alkanes of at least 4 members (excludes halogenated alkanes) is 3. The second kappa shape index (κ2) is 52.5. The Balaban J connectivity index is 0.821. The first-order valence-electron chi connectivity index (χ1n) is 44.4. The lowest BCUT2D eigenvalue weighted by atomic mass is 9.84. The Hall–Kier alpha value is -10.7. The van der Waals surface area contributed by atoms with Crippen LogP contribution in [0.1, 0.15) is 222 Å². The van der Waals surface area contributed by atoms with Gasteiger partial charge in [-0.3, -0.25) is 58.2 Å². The molecule has 11 amide bonds. The fourth-order valence-electron chi connectivity index (χ4n) is 15.1. The van der Waals surface area contributed by atoms with Crippen LogP contribution in [0.2, 0.25) is 0 Å². The van der Waals surface area contributed by atoms with Crippen molar-refractivity contribution in [3.05, 3.63) is 141 Å². The van der Waals surface area contributed by atoms with Gasteiger partial charge in [0.2, 0.25) is 41.4 Å². The number of nitrogens with zero attached hydrogens (tertiary/aromatic N) is 4. The zero-order valence-electron chi connectivity index (χ0n) is 76.2. The first-order chi connectivity index (χ1) is 60.6. The number of amides is 11. The number of aromatic nitrogens is 1. The van der Waals surface area contributed by atoms with E-state index in [9.17, 15) is 57.8 Å². The summed E-state index contributed by atoms with van der Waals surface area (Å²) in [5.74, 6) is -5.44. The largest absolute Gasteiger partial charge is 0.481 e. The van der Waals surface area contributed by atoms with Crippen molar-refractivity contribution in [1.82, 2.24) is 46.7 Å². The second-order valence-corrected chi connectivity index (χ2v) is 35.0. The maximum Gasteiger partial charge on any atom is 0.411 e. The number of fused-ring (bicyclic) bond motifs is 2. The molecule has 0 aliphatic carbocycles. The lowest BCUT2D eigenvalue weighted by Crippen LogP contribution is -2.60. The quantitative estimate of drug-likeness (QED) is 0.0128. The van der Waals surface area contributed by atoms with Crippen LogP contribution in [0.15, 0.2) is 102 Å². The molecule has 33 heteroatoms. The minimum absolute atomic E-state index is 0.0127. The van der Waals surface area contributed by atoms with E-state index in [1.54, 1.807) is 86.5 Å². The predicted molar refractivity (Wildman–Crippen MR) is 487 cm³/mol. The number of primary amides is 1. The van der Waals surface area contributed by atoms with Crippen molar-refractivity contribution in [2.24, 2.45) is 28.9 Å². The highest BCUT2D eigenvalue weighted by atomic mass is 32.1. The van der Waals surface area contributed by atoms with Gasteiger partial charge in [0.25, 0.3) is 5.91 Å². The van der Waals surface area contributed by atoms with Crippen molar-refractivity contribution >= 4 is 111 Å². The average molecular weight is 1780 g/mol. The molecule has 1 saturated heterocycles. The zero-order chi connectivity index (χ0) is 92.8. The summed E-state index contributed by atoms with van der Waals surface area (Å²) in [4.78, 5) is 171. The third kappa shape index (κ3) is 33.8. The number of nitrogens with one attached hydrogen (secondary N) is 8. The predicted octanol–water partition coefficient (Wildman–Crippen LogP) is 11.6. The number of anilines is 3. The molecule has 2 aliphatic rings. The summed E-state index contributed by atoms with van der Waals surface area (Å²) in [6.07, 6.45) is 6.80. The number of hydrogen-bond acceptors (Lipinski definition) is 21. The highest BCUT2D eigenvalue weighted by molar-refractivity contribution is 7.09. The summed E-state index contributed by atoms with van der Waals surface area (Å²) in [5, 5.41) is 34.7. The van der Waals surface area contributed by atoms with Gasteiger partial charge in [0.1, 0.15) is 35.4 Å². The topological polar surface area (TPSA) is 425 Å². The average Bonchev–Trinajstić information content (AvgIpc) is 1.63. The molecule has 7 rings (SSSR count). The number of urea groups is 1. The molecule has 32 nitrogen and oxygen atoms in total. The van der Waals surface area contributed by atoms with Crippen molar-refractivity contribution in [2.75, 3.05) is 102 Å². The summed E-state index contributed by atoms with van der Waals surface area (Å²) in [6, 6.07) is 24.0. The highest BCUT2D eigenvalue weighted by Crippen LogP contribution is 2.37. The molecular weight excluding hydrogens is 1650 g/mol. The minimum atomic E-state index is -1.29. The first kappa shape index (κ1) is 103. The molecule has 8 atom stereocenters. The SMILES string of the molecule is CCCCCCN(C(=O)[C@@H](NC(=O)[C@@]1(C)CCCN1C)[C@@H](C)CC)[C@H](C[C@@H](OC(C)=O)c1nc(C(=O)N[C@@H](Cc2ccc(NC(=O)OCc3ccc(NC(=O)[C@H](CCCNC(N)=O)NC(=O)[C@@H](NC(=O)CCOCCOCCOCCOCCNC(=O)CCC(=O)N4Cc5ccccc5/C=C(/C)c5ccccc54)C(C)C)cc3)cc2)CC(C)(C)C(=O)O)cs1)C(C)C. The molecule has 11 N–H and O–H groups in total. The third-order valence-corrected chi connectivity index (χ3v) is 23.9. The van der Waals surface area contributed by atoms with E-state index in [2.05, 4.69) is 55.5 Å². The van der Waals surface area contributed by atoms with Crippen molar-refractivity contribution in [1.29, 1.82) is 0 Å². The van der Waals surface area contributed by atoms with Crippen LogP contribution in [0.4, 0.5) is 26.7 Å². The number of carboxylic acid groups (broad SMARTS) is 1. The molecular formula is C94H135N13O19S. The van der Waals surface area contributed by atoms with Crippen molar-refractivity contribution in [2.45, 2.75) is 234 Å². The number of carbonyl (C=O) groups excluding carboxylic acids is 11. The number of ether oxygens (including phenoxy) is 6. The van der Waals surface area contributed by atoms with Gasteiger partial charge in [-0.05, 0) is 162 Å². The fraction of sp³-hybridized carbons (Fsp3) is 0.564. The van der Waals surface area contributed by atoms with Gasteiger partial charge in [-0.15, -0.1) is 11.3 Å². The molecule has 1 fully saturated rings. The molecule has 1 aromatic heterocycles. The number of thiazole rings is 1. The standard InChI is InChI=1S/C94H135N13O19S/c1-14-16-17-22-45-106(88(115)83(63(7)15-2)104-89(116)94(12)41-24-44-105(94)13)77(61(3)4)56-78(126-65(9)108)87-102-75(60-127-87)85(113)99-72(57-93(10,11)90(117)118)55-66-30-34-71(35-31-66)100-92(120)125-59-67-32-36-70(37-33-67)98-84(112)74(28-23-42-97-91(95)119)101-86(114)82(62(5)6)103-80(110)40-46-121-48-50-123-52-53-124-51-49-122-47-43-96-79(109)38-39-81(111)107-58-69-26-19-18-25-68(69)54-64(8)73-27-20-21-29-76(73)107/h18-21,25-27,29-37,54,60-63,72,74,77-78,82-83H,14-17,22-24,28,38-53,55-59H2,1-13H3,(H,96,109)(H,98,112)(H,99,113)(H,100,120)(H,101,114)(H,103,110)(H,104,116)(H,117,118)(H3,95,97,119)/b64-54-/t63-,72-,74-,77+,78+,82-,83-,94+/m0/s1. The summed E-state index contributed by atoms with van der Waals surface area (Å²) in [5.41, 5.74) is 10.1. The highest BCUT2D eigenvalue weighted by Gasteiger charge is 2.45. The number of para-hydroxylation sites is 1. The first-order valence-corrected chi connectivity index (χ1v) is 45.3. The fourth-order valence-corrected chi connectivity index (χ4v) is 15.9. The van der Waals surface area contributed by atoms with Gasteiger partial charge in [-0.1, -0.05) is 147 Å². The lowest BCUT2D eigenvalue weighted by Gasteiger charge is -2.40. The molecule has 0 bridgehead atoms. The molecule has 5 aromatic rings. The normalized spacial score (nSPS) is 15.9. The Morgan fingerprint density at radius 3 is 1.96 bits per heavy atom. The number of likely N-dealkylation sites (tertiary alicyclic amines) is 1. The number of nitrogens with two attached hydrogens (primary N) is 1. The number of carboxylic acids is 1. The minimum Gasteiger partial charge on any atom is -0.481 e. The van der Waals surface area contributed by atoms with Crippen LogP contribution in [-0.4, -0.2) is 213 Å². The monoisotopic (exact) mass is 1780 g/mol. The molecule has 2 aliphatic heterocycles. The lowest BCUT2D eigenvalue weighted by molar-refractivity contribution is -0.150. The summed E-state index contributed by atoms with van der Waals surface area (Å²) in [7, 11) is 1.93. The number of rotatable bonds is 54. The van der Waals surface area contributed by atoms with Crippen molar-refractivity contribution < 1.29 is 91.1 Å². The van der Waals surface area contributed by atoms with Gasteiger partial charge in [-0.2, -0.15) is 0 Å². The smallest absolute Gasteiger partial charge is 0.411 e. The molecule has 127 heavy (non-hydrogen) atoms. The van der Waals surface area contributed by atoms with E-state index in [1.807, 2.05) is 107 Å². The maximum absolute atomic E-state index is 15.2. The molecule has 0 saturated carbocycles. The number of aliphatic carboxylic acids is 1. The summed E-state index contributed by atoms with van der Waals surface area (Å²) >= 11 is 1.13. The Morgan fingerprint density at radius 1 is 0.685 bits per heavy atom. The van der Waals surface area contributed by atoms with Gasteiger partial charge in [0.15, 0.2) is 6.10 Å². The maximum atomic E-state index is 15.2. The molecule has 4 aromatic carbocycles. The Bertz CT molecular complexity index is 4470.